The molecular formula is C14H12BrNO4S2. The monoisotopic (exact) mass is 401 g/mol. The van der Waals surface area contributed by atoms with Gasteiger partial charge in [0.25, 0.3) is 5.91 Å². The summed E-state index contributed by atoms with van der Waals surface area (Å²) in [6.07, 6.45) is 1.68. The van der Waals surface area contributed by atoms with Crippen molar-refractivity contribution in [1.29, 1.82) is 0 Å². The van der Waals surface area contributed by atoms with E-state index < -0.39 is 17.9 Å². The number of nitrogens with zero attached hydrogens (tertiary/aromatic N) is 1. The second-order valence-electron chi connectivity index (χ2n) is 4.46. The van der Waals surface area contributed by atoms with Crippen LogP contribution in [-0.2, 0) is 9.59 Å². The van der Waals surface area contributed by atoms with E-state index in [4.69, 9.17) is 22.1 Å². The number of benzene rings is 1. The largest absolute Gasteiger partial charge is 0.496 e. The molecule has 1 saturated heterocycles. The number of amides is 1. The number of thiocarbonyl (C=S) groups is 1. The van der Waals surface area contributed by atoms with Crippen molar-refractivity contribution in [3.63, 3.8) is 0 Å². The van der Waals surface area contributed by atoms with Crippen LogP contribution in [0.15, 0.2) is 27.6 Å². The van der Waals surface area contributed by atoms with Crippen molar-refractivity contribution in [1.82, 2.24) is 4.90 Å². The van der Waals surface area contributed by atoms with Crippen LogP contribution in [0.25, 0.3) is 6.08 Å². The van der Waals surface area contributed by atoms with Gasteiger partial charge in [0.15, 0.2) is 0 Å². The van der Waals surface area contributed by atoms with Crippen LogP contribution < -0.4 is 4.74 Å². The van der Waals surface area contributed by atoms with E-state index in [0.29, 0.717) is 10.7 Å². The minimum atomic E-state index is -1.09. The van der Waals surface area contributed by atoms with Crippen molar-refractivity contribution in [2.75, 3.05) is 7.11 Å². The molecule has 22 heavy (non-hydrogen) atoms. The SMILES string of the molecule is COc1ccc(C=C2SC(=S)N(C(C)C(=O)O)C2=O)cc1Br. The van der Waals surface area contributed by atoms with Crippen LogP contribution in [0.2, 0.25) is 0 Å². The van der Waals surface area contributed by atoms with E-state index in [1.807, 2.05) is 6.07 Å². The maximum absolute atomic E-state index is 12.3. The maximum atomic E-state index is 12.3. The Morgan fingerprint density at radius 1 is 1.55 bits per heavy atom. The van der Waals surface area contributed by atoms with Crippen LogP contribution in [0.4, 0.5) is 0 Å². The second kappa shape index (κ2) is 6.80. The second-order valence-corrected chi connectivity index (χ2v) is 6.99. The Morgan fingerprint density at radius 2 is 2.23 bits per heavy atom. The van der Waals surface area contributed by atoms with Gasteiger partial charge >= 0.3 is 5.97 Å². The van der Waals surface area contributed by atoms with Gasteiger partial charge in [-0.3, -0.25) is 9.69 Å². The molecule has 1 heterocycles. The Balaban J connectivity index is 2.30. The quantitative estimate of drug-likeness (QED) is 0.617. The molecule has 0 bridgehead atoms. The zero-order valence-corrected chi connectivity index (χ0v) is 14.9. The van der Waals surface area contributed by atoms with Crippen LogP contribution in [0.1, 0.15) is 12.5 Å². The van der Waals surface area contributed by atoms with Gasteiger partial charge in [-0.05, 0) is 46.6 Å². The number of hydrogen-bond donors (Lipinski definition) is 1. The third-order valence-corrected chi connectivity index (χ3v) is 4.99. The summed E-state index contributed by atoms with van der Waals surface area (Å²) in [5.74, 6) is -0.800. The molecule has 5 nitrogen and oxygen atoms in total. The molecular weight excluding hydrogens is 390 g/mol. The number of carboxylic acids is 1. The Hall–Kier alpha value is -1.38. The lowest BCUT2D eigenvalue weighted by Gasteiger charge is -2.18. The lowest BCUT2D eigenvalue weighted by Crippen LogP contribution is -2.41. The highest BCUT2D eigenvalue weighted by molar-refractivity contribution is 9.10. The zero-order chi connectivity index (χ0) is 16.4. The average molecular weight is 402 g/mol. The molecule has 1 N–H and O–H groups in total. The zero-order valence-electron chi connectivity index (χ0n) is 11.7. The lowest BCUT2D eigenvalue weighted by molar-refractivity contribution is -0.144. The van der Waals surface area contributed by atoms with Crippen LogP contribution in [0.3, 0.4) is 0 Å². The molecule has 0 spiro atoms. The molecule has 1 atom stereocenters. The van der Waals surface area contributed by atoms with Crippen LogP contribution in [0, 0.1) is 0 Å². The van der Waals surface area contributed by atoms with Crippen LogP contribution in [-0.4, -0.2) is 39.4 Å². The molecule has 1 aliphatic rings. The van der Waals surface area contributed by atoms with Gasteiger partial charge in [-0.25, -0.2) is 4.79 Å². The standard InChI is InChI=1S/C14H12BrNO4S2/c1-7(13(18)19)16-12(17)11(22-14(16)21)6-8-3-4-10(20-2)9(15)5-8/h3-7H,1-2H3,(H,18,19). The van der Waals surface area contributed by atoms with E-state index in [0.717, 1.165) is 26.7 Å². The van der Waals surface area contributed by atoms with Gasteiger partial charge in [-0.1, -0.05) is 30.0 Å². The van der Waals surface area contributed by atoms with Crippen molar-refractivity contribution in [2.45, 2.75) is 13.0 Å². The van der Waals surface area contributed by atoms with Gasteiger partial charge in [-0.15, -0.1) is 0 Å². The molecule has 8 heteroatoms. The van der Waals surface area contributed by atoms with Crippen molar-refractivity contribution in [3.05, 3.63) is 33.1 Å². The summed E-state index contributed by atoms with van der Waals surface area (Å²) in [4.78, 5) is 24.9. The first-order valence-corrected chi connectivity index (χ1v) is 8.20. The Labute approximate surface area is 145 Å². The van der Waals surface area contributed by atoms with Crippen molar-refractivity contribution in [3.8, 4) is 5.75 Å². The number of carbonyl (C=O) groups excluding carboxylic acids is 1. The fraction of sp³-hybridized carbons (Fsp3) is 0.214. The Morgan fingerprint density at radius 3 is 2.77 bits per heavy atom. The molecule has 0 saturated carbocycles. The predicted molar refractivity (Wildman–Crippen MR) is 92.8 cm³/mol. The summed E-state index contributed by atoms with van der Waals surface area (Å²) in [6, 6.07) is 4.40. The smallest absolute Gasteiger partial charge is 0.326 e. The summed E-state index contributed by atoms with van der Waals surface area (Å²) in [6.45, 7) is 1.43. The summed E-state index contributed by atoms with van der Waals surface area (Å²) < 4.78 is 6.16. The molecule has 116 valence electrons. The molecule has 1 aromatic rings. The number of rotatable bonds is 4. The minimum Gasteiger partial charge on any atom is -0.496 e. The Kier molecular flexibility index (Phi) is 5.25. The first kappa shape index (κ1) is 17.0. The summed E-state index contributed by atoms with van der Waals surface area (Å²) >= 11 is 9.58. The van der Waals surface area contributed by atoms with Crippen molar-refractivity contribution in [2.24, 2.45) is 0 Å². The number of hydrogen-bond acceptors (Lipinski definition) is 5. The van der Waals surface area contributed by atoms with Gasteiger partial charge in [0.1, 0.15) is 16.1 Å². The molecule has 1 aromatic carbocycles. The van der Waals surface area contributed by atoms with E-state index in [9.17, 15) is 9.59 Å². The molecule has 1 aliphatic heterocycles. The predicted octanol–water partition coefficient (Wildman–Crippen LogP) is 3.13. The van der Waals surface area contributed by atoms with E-state index in [1.54, 1.807) is 25.3 Å². The fourth-order valence-corrected chi connectivity index (χ4v) is 3.82. The first-order chi connectivity index (χ1) is 10.3. The third-order valence-electron chi connectivity index (χ3n) is 3.04. The molecule has 0 radical (unpaired) electrons. The topological polar surface area (TPSA) is 66.8 Å². The average Bonchev–Trinajstić information content (AvgIpc) is 2.73. The molecule has 1 amide bonds. The van der Waals surface area contributed by atoms with Crippen LogP contribution >= 0.6 is 39.9 Å². The van der Waals surface area contributed by atoms with Gasteiger partial charge in [-0.2, -0.15) is 0 Å². The number of carboxylic acid groups (broad SMARTS) is 1. The normalized spacial score (nSPS) is 18.0. The van der Waals surface area contributed by atoms with E-state index in [1.165, 1.54) is 6.92 Å². The maximum Gasteiger partial charge on any atom is 0.326 e. The van der Waals surface area contributed by atoms with E-state index in [2.05, 4.69) is 15.9 Å². The molecule has 0 aromatic heterocycles. The number of halogens is 1. The van der Waals surface area contributed by atoms with Crippen molar-refractivity contribution >= 4 is 62.2 Å². The third kappa shape index (κ3) is 3.34. The minimum absolute atomic E-state index is 0.249. The van der Waals surface area contributed by atoms with E-state index in [-0.39, 0.29) is 4.32 Å². The Bertz CT molecular complexity index is 689. The first-order valence-electron chi connectivity index (χ1n) is 6.18. The molecule has 2 rings (SSSR count). The van der Waals surface area contributed by atoms with Gasteiger partial charge in [0, 0.05) is 0 Å². The summed E-state index contributed by atoms with van der Waals surface area (Å²) in [5, 5.41) is 9.05. The number of methoxy groups -OCH3 is 1. The highest BCUT2D eigenvalue weighted by Crippen LogP contribution is 2.35. The van der Waals surface area contributed by atoms with E-state index >= 15 is 0 Å². The lowest BCUT2D eigenvalue weighted by atomic mass is 10.2. The summed E-state index contributed by atoms with van der Waals surface area (Å²) in [7, 11) is 1.57. The fourth-order valence-electron chi connectivity index (χ4n) is 1.85. The highest BCUT2D eigenvalue weighted by atomic mass is 79.9. The van der Waals surface area contributed by atoms with Crippen LogP contribution in [0.5, 0.6) is 5.75 Å². The van der Waals surface area contributed by atoms with Crippen molar-refractivity contribution < 1.29 is 19.4 Å². The molecule has 0 aliphatic carbocycles. The number of thioether (sulfide) groups is 1. The summed E-state index contributed by atoms with van der Waals surface area (Å²) in [5.41, 5.74) is 0.788. The van der Waals surface area contributed by atoms with Gasteiger partial charge < -0.3 is 9.84 Å². The van der Waals surface area contributed by atoms with Gasteiger partial charge in [0.05, 0.1) is 16.5 Å². The number of ether oxygens (including phenoxy) is 1. The number of carbonyl (C=O) groups is 2. The molecule has 1 fully saturated rings. The van der Waals surface area contributed by atoms with Gasteiger partial charge in [0.2, 0.25) is 0 Å². The number of aliphatic carboxylic acids is 1. The highest BCUT2D eigenvalue weighted by Gasteiger charge is 2.38. The molecule has 1 unspecified atom stereocenters.